The van der Waals surface area contributed by atoms with Crippen LogP contribution in [-0.2, 0) is 17.8 Å². The SMILES string of the molecule is COc1cc(-c2cc(CC(=O)NCCN(C)C)ccc2Cl)cc2c1c(=O)n(-c1cncc(Cl)c1)c(=O)n2Cc1cc(F)c(F)c(F)c1. The molecule has 0 aliphatic carbocycles. The molecule has 0 bridgehead atoms. The maximum Gasteiger partial charge on any atom is 0.336 e. The molecule has 47 heavy (non-hydrogen) atoms. The number of hydrogen-bond acceptors (Lipinski definition) is 6. The quantitative estimate of drug-likeness (QED) is 0.203. The van der Waals surface area contributed by atoms with Crippen molar-refractivity contribution in [3.8, 4) is 22.6 Å². The van der Waals surface area contributed by atoms with Crippen molar-refractivity contribution in [2.45, 2.75) is 13.0 Å². The number of pyridine rings is 1. The first-order chi connectivity index (χ1) is 22.4. The molecular formula is C33H28Cl2F3N5O4. The number of nitrogens with one attached hydrogen (secondary N) is 1. The van der Waals surface area contributed by atoms with Gasteiger partial charge in [-0.25, -0.2) is 22.5 Å². The van der Waals surface area contributed by atoms with Crippen molar-refractivity contribution < 1.29 is 22.7 Å². The smallest absolute Gasteiger partial charge is 0.336 e. The fourth-order valence-corrected chi connectivity index (χ4v) is 5.52. The lowest BCUT2D eigenvalue weighted by atomic mass is 9.99. The van der Waals surface area contributed by atoms with Crippen LogP contribution >= 0.6 is 23.2 Å². The van der Waals surface area contributed by atoms with Gasteiger partial charge >= 0.3 is 5.69 Å². The molecule has 0 spiro atoms. The lowest BCUT2D eigenvalue weighted by Gasteiger charge is -2.18. The second-order valence-electron chi connectivity index (χ2n) is 11.0. The zero-order valence-electron chi connectivity index (χ0n) is 25.4. The highest BCUT2D eigenvalue weighted by Crippen LogP contribution is 2.35. The Labute approximate surface area is 276 Å². The Bertz CT molecular complexity index is 2110. The van der Waals surface area contributed by atoms with Crippen LogP contribution in [0.5, 0.6) is 5.75 Å². The van der Waals surface area contributed by atoms with Gasteiger partial charge in [-0.3, -0.25) is 19.1 Å². The van der Waals surface area contributed by atoms with Crippen molar-refractivity contribution in [3.63, 3.8) is 0 Å². The lowest BCUT2D eigenvalue weighted by molar-refractivity contribution is -0.120. The molecule has 0 aliphatic rings. The van der Waals surface area contributed by atoms with Crippen LogP contribution in [0, 0.1) is 17.5 Å². The van der Waals surface area contributed by atoms with Crippen LogP contribution in [0.2, 0.25) is 10.0 Å². The van der Waals surface area contributed by atoms with E-state index in [1.807, 2.05) is 19.0 Å². The number of ether oxygens (including phenoxy) is 1. The number of rotatable bonds is 10. The van der Waals surface area contributed by atoms with Crippen LogP contribution in [0.15, 0.2) is 70.5 Å². The van der Waals surface area contributed by atoms with Crippen LogP contribution in [-0.4, -0.2) is 59.2 Å². The summed E-state index contributed by atoms with van der Waals surface area (Å²) >= 11 is 12.7. The van der Waals surface area contributed by atoms with E-state index in [1.54, 1.807) is 24.3 Å². The fourth-order valence-electron chi connectivity index (χ4n) is 5.12. The molecule has 2 heterocycles. The van der Waals surface area contributed by atoms with Gasteiger partial charge in [-0.05, 0) is 73.3 Å². The first-order valence-corrected chi connectivity index (χ1v) is 15.0. The molecule has 0 unspecified atom stereocenters. The highest BCUT2D eigenvalue weighted by molar-refractivity contribution is 6.33. The highest BCUT2D eigenvalue weighted by atomic mass is 35.5. The molecule has 2 aromatic heterocycles. The largest absolute Gasteiger partial charge is 0.496 e. The number of halogens is 5. The van der Waals surface area contributed by atoms with Crippen molar-refractivity contribution in [2.24, 2.45) is 0 Å². The van der Waals surface area contributed by atoms with Crippen LogP contribution < -0.4 is 21.3 Å². The van der Waals surface area contributed by atoms with Gasteiger partial charge in [0.15, 0.2) is 17.5 Å². The van der Waals surface area contributed by atoms with Gasteiger partial charge in [0, 0.05) is 29.9 Å². The molecule has 0 saturated heterocycles. The molecule has 0 radical (unpaired) electrons. The predicted molar refractivity (Wildman–Crippen MR) is 174 cm³/mol. The van der Waals surface area contributed by atoms with Crippen molar-refractivity contribution in [1.82, 2.24) is 24.3 Å². The number of hydrogen-bond donors (Lipinski definition) is 1. The number of carbonyl (C=O) groups is 1. The van der Waals surface area contributed by atoms with E-state index in [0.29, 0.717) is 34.8 Å². The number of benzene rings is 3. The number of amides is 1. The molecule has 1 amide bonds. The van der Waals surface area contributed by atoms with E-state index in [2.05, 4.69) is 10.3 Å². The Kier molecular flexibility index (Phi) is 10.0. The molecule has 0 atom stereocenters. The van der Waals surface area contributed by atoms with Gasteiger partial charge in [-0.15, -0.1) is 0 Å². The molecule has 0 aliphatic heterocycles. The molecular weight excluding hydrogens is 658 g/mol. The number of aromatic nitrogens is 3. The topological polar surface area (TPSA) is 98.5 Å². The fraction of sp³-hybridized carbons (Fsp3) is 0.212. The Morgan fingerprint density at radius 1 is 0.979 bits per heavy atom. The van der Waals surface area contributed by atoms with Gasteiger partial charge in [-0.2, -0.15) is 0 Å². The molecule has 5 aromatic rings. The van der Waals surface area contributed by atoms with E-state index in [0.717, 1.165) is 21.3 Å². The van der Waals surface area contributed by atoms with E-state index in [4.69, 9.17) is 27.9 Å². The molecule has 0 saturated carbocycles. The molecule has 1 N–H and O–H groups in total. The van der Waals surface area contributed by atoms with Gasteiger partial charge in [0.05, 0.1) is 42.5 Å². The minimum atomic E-state index is -1.66. The summed E-state index contributed by atoms with van der Waals surface area (Å²) in [6.07, 6.45) is 2.63. The zero-order valence-corrected chi connectivity index (χ0v) is 26.9. The standard InChI is InChI=1S/C33H28Cl2F3N5O4/c1-41(2)7-6-40-29(44)11-18-4-5-24(35)23(8-18)20-12-27-30(28(13-20)47-3)32(45)43(22-14-21(34)15-39-16-22)33(46)42(27)17-19-9-25(36)31(38)26(37)10-19/h4-5,8-10,12-16H,6-7,11,17H2,1-3H3,(H,40,44). The van der Waals surface area contributed by atoms with Crippen molar-refractivity contribution in [2.75, 3.05) is 34.3 Å². The average Bonchev–Trinajstić information content (AvgIpc) is 3.02. The van der Waals surface area contributed by atoms with Gasteiger partial charge in [0.2, 0.25) is 5.91 Å². The van der Waals surface area contributed by atoms with Gasteiger partial charge in [0.25, 0.3) is 5.56 Å². The molecule has 5 rings (SSSR count). The maximum absolute atomic E-state index is 14.2. The molecule has 14 heteroatoms. The van der Waals surface area contributed by atoms with E-state index in [1.165, 1.54) is 31.6 Å². The Hall–Kier alpha value is -4.65. The van der Waals surface area contributed by atoms with E-state index in [9.17, 15) is 27.6 Å². The van der Waals surface area contributed by atoms with Crippen LogP contribution in [0.1, 0.15) is 11.1 Å². The minimum Gasteiger partial charge on any atom is -0.496 e. The Balaban J connectivity index is 1.72. The van der Waals surface area contributed by atoms with E-state index in [-0.39, 0.29) is 45.3 Å². The summed E-state index contributed by atoms with van der Waals surface area (Å²) in [5.41, 5.74) is -0.177. The number of carbonyl (C=O) groups excluding carboxylic acids is 1. The third-order valence-corrected chi connectivity index (χ3v) is 7.89. The maximum atomic E-state index is 14.2. The third-order valence-electron chi connectivity index (χ3n) is 7.35. The minimum absolute atomic E-state index is 0.0327. The summed E-state index contributed by atoms with van der Waals surface area (Å²) in [7, 11) is 5.13. The average molecular weight is 687 g/mol. The van der Waals surface area contributed by atoms with Crippen LogP contribution in [0.3, 0.4) is 0 Å². The number of fused-ring (bicyclic) bond motifs is 1. The van der Waals surface area contributed by atoms with Crippen molar-refractivity contribution in [1.29, 1.82) is 0 Å². The Morgan fingerprint density at radius 2 is 1.70 bits per heavy atom. The molecule has 244 valence electrons. The van der Waals surface area contributed by atoms with Gasteiger partial charge in [0.1, 0.15) is 11.1 Å². The normalized spacial score (nSPS) is 11.3. The van der Waals surface area contributed by atoms with E-state index < -0.39 is 35.2 Å². The highest BCUT2D eigenvalue weighted by Gasteiger charge is 2.22. The summed E-state index contributed by atoms with van der Waals surface area (Å²) in [6, 6.07) is 11.0. The first kappa shape index (κ1) is 33.7. The van der Waals surface area contributed by atoms with Gasteiger partial charge < -0.3 is 15.0 Å². The monoisotopic (exact) mass is 685 g/mol. The number of methoxy groups -OCH3 is 1. The first-order valence-electron chi connectivity index (χ1n) is 14.2. The second kappa shape index (κ2) is 14.0. The second-order valence-corrected chi connectivity index (χ2v) is 11.8. The van der Waals surface area contributed by atoms with Crippen molar-refractivity contribution in [3.05, 3.63) is 120 Å². The molecule has 0 fully saturated rings. The van der Waals surface area contributed by atoms with Crippen LogP contribution in [0.4, 0.5) is 13.2 Å². The number of nitrogens with zero attached hydrogens (tertiary/aromatic N) is 4. The van der Waals surface area contributed by atoms with Crippen LogP contribution in [0.25, 0.3) is 27.7 Å². The van der Waals surface area contributed by atoms with Crippen molar-refractivity contribution >= 4 is 40.0 Å². The molecule has 9 nitrogen and oxygen atoms in total. The molecule has 3 aromatic carbocycles. The lowest BCUT2D eigenvalue weighted by Crippen LogP contribution is -2.39. The summed E-state index contributed by atoms with van der Waals surface area (Å²) in [5, 5.41) is 3.26. The summed E-state index contributed by atoms with van der Waals surface area (Å²) in [4.78, 5) is 46.5. The summed E-state index contributed by atoms with van der Waals surface area (Å²) < 4.78 is 49.8. The van der Waals surface area contributed by atoms with Gasteiger partial charge in [-0.1, -0.05) is 29.3 Å². The Morgan fingerprint density at radius 3 is 2.36 bits per heavy atom. The number of likely N-dealkylation sites (N-methyl/N-ethyl adjacent to an activating group) is 1. The summed E-state index contributed by atoms with van der Waals surface area (Å²) in [6.45, 7) is 0.671. The predicted octanol–water partition coefficient (Wildman–Crippen LogP) is 5.22. The zero-order chi connectivity index (χ0) is 34.0. The van der Waals surface area contributed by atoms with E-state index >= 15 is 0 Å². The third kappa shape index (κ3) is 7.19. The summed E-state index contributed by atoms with van der Waals surface area (Å²) in [5.74, 6) is -4.69.